The first-order valence-electron chi connectivity index (χ1n) is 5.94. The maximum absolute atomic E-state index is 8.67. The molecular formula is C13H20BrNO2. The average molecular weight is 302 g/mol. The Bertz CT molecular complexity index is 342. The second kappa shape index (κ2) is 7.69. The minimum atomic E-state index is -0.0319. The van der Waals surface area contributed by atoms with Gasteiger partial charge in [-0.1, -0.05) is 22.0 Å². The van der Waals surface area contributed by atoms with E-state index in [0.29, 0.717) is 6.61 Å². The van der Waals surface area contributed by atoms with E-state index in [9.17, 15) is 0 Å². The number of nitrogens with two attached hydrogens (primary N) is 1. The molecule has 1 atom stereocenters. The third kappa shape index (κ3) is 5.06. The number of rotatable bonds is 7. The molecule has 0 saturated heterocycles. The summed E-state index contributed by atoms with van der Waals surface area (Å²) in [5, 5.41) is 8.67. The molecule has 0 bridgehead atoms. The maximum atomic E-state index is 8.67. The van der Waals surface area contributed by atoms with Crippen LogP contribution in [0, 0.1) is 0 Å². The van der Waals surface area contributed by atoms with Gasteiger partial charge in [0.05, 0.1) is 6.61 Å². The van der Waals surface area contributed by atoms with E-state index in [2.05, 4.69) is 15.9 Å². The molecule has 1 aromatic carbocycles. The van der Waals surface area contributed by atoms with E-state index in [-0.39, 0.29) is 12.6 Å². The van der Waals surface area contributed by atoms with Crippen LogP contribution in [0.4, 0.5) is 0 Å². The number of hydrogen-bond acceptors (Lipinski definition) is 3. The van der Waals surface area contributed by atoms with Crippen molar-refractivity contribution in [1.82, 2.24) is 0 Å². The molecule has 1 aromatic rings. The standard InChI is InChI=1S/C13H20BrNO2/c1-10(15)12-6-5-11(14)9-13(12)17-8-4-2-3-7-16/h5-6,9-10,16H,2-4,7-8,15H2,1H3. The van der Waals surface area contributed by atoms with Crippen LogP contribution in [-0.2, 0) is 0 Å². The van der Waals surface area contributed by atoms with Crippen LogP contribution in [0.5, 0.6) is 5.75 Å². The number of aliphatic hydroxyl groups is 1. The first-order chi connectivity index (χ1) is 8.15. The average Bonchev–Trinajstić information content (AvgIpc) is 2.28. The number of hydrogen-bond donors (Lipinski definition) is 2. The Kier molecular flexibility index (Phi) is 6.55. The predicted octanol–water partition coefficient (Wildman–Crippen LogP) is 3.01. The third-order valence-corrected chi connectivity index (χ3v) is 3.02. The third-order valence-electron chi connectivity index (χ3n) is 2.53. The van der Waals surface area contributed by atoms with Gasteiger partial charge in [-0.05, 0) is 38.3 Å². The highest BCUT2D eigenvalue weighted by atomic mass is 79.9. The number of benzene rings is 1. The zero-order chi connectivity index (χ0) is 12.7. The molecule has 0 saturated carbocycles. The van der Waals surface area contributed by atoms with E-state index in [1.165, 1.54) is 0 Å². The second-order valence-electron chi connectivity index (χ2n) is 4.10. The van der Waals surface area contributed by atoms with Crippen molar-refractivity contribution in [3.8, 4) is 5.75 Å². The molecule has 0 heterocycles. The topological polar surface area (TPSA) is 55.5 Å². The Hall–Kier alpha value is -0.580. The molecule has 0 aliphatic rings. The highest BCUT2D eigenvalue weighted by molar-refractivity contribution is 9.10. The lowest BCUT2D eigenvalue weighted by molar-refractivity contribution is 0.265. The Morgan fingerprint density at radius 3 is 2.76 bits per heavy atom. The quantitative estimate of drug-likeness (QED) is 0.761. The summed E-state index contributed by atoms with van der Waals surface area (Å²) in [6, 6.07) is 5.87. The first-order valence-corrected chi connectivity index (χ1v) is 6.73. The Morgan fingerprint density at radius 1 is 1.35 bits per heavy atom. The highest BCUT2D eigenvalue weighted by Crippen LogP contribution is 2.27. The molecule has 0 aliphatic heterocycles. The molecule has 0 aromatic heterocycles. The van der Waals surface area contributed by atoms with Crippen LogP contribution in [0.2, 0.25) is 0 Å². The fraction of sp³-hybridized carbons (Fsp3) is 0.538. The summed E-state index contributed by atoms with van der Waals surface area (Å²) < 4.78 is 6.73. The SMILES string of the molecule is CC(N)c1ccc(Br)cc1OCCCCCO. The molecular weight excluding hydrogens is 282 g/mol. The zero-order valence-electron chi connectivity index (χ0n) is 10.2. The molecule has 3 nitrogen and oxygen atoms in total. The van der Waals surface area contributed by atoms with Gasteiger partial charge >= 0.3 is 0 Å². The molecule has 96 valence electrons. The lowest BCUT2D eigenvalue weighted by atomic mass is 10.1. The summed E-state index contributed by atoms with van der Waals surface area (Å²) >= 11 is 3.43. The van der Waals surface area contributed by atoms with Crippen molar-refractivity contribution in [3.63, 3.8) is 0 Å². The van der Waals surface area contributed by atoms with Crippen molar-refractivity contribution in [2.45, 2.75) is 32.2 Å². The molecule has 0 spiro atoms. The molecule has 17 heavy (non-hydrogen) atoms. The van der Waals surface area contributed by atoms with Crippen LogP contribution in [0.25, 0.3) is 0 Å². The van der Waals surface area contributed by atoms with E-state index < -0.39 is 0 Å². The van der Waals surface area contributed by atoms with Gasteiger partial charge in [0.15, 0.2) is 0 Å². The van der Waals surface area contributed by atoms with E-state index in [0.717, 1.165) is 35.0 Å². The summed E-state index contributed by atoms with van der Waals surface area (Å²) in [4.78, 5) is 0. The van der Waals surface area contributed by atoms with Gasteiger partial charge in [0, 0.05) is 22.7 Å². The van der Waals surface area contributed by atoms with Crippen LogP contribution >= 0.6 is 15.9 Å². The maximum Gasteiger partial charge on any atom is 0.125 e. The van der Waals surface area contributed by atoms with E-state index >= 15 is 0 Å². The largest absolute Gasteiger partial charge is 0.493 e. The van der Waals surface area contributed by atoms with Gasteiger partial charge in [-0.3, -0.25) is 0 Å². The lowest BCUT2D eigenvalue weighted by Crippen LogP contribution is -2.08. The predicted molar refractivity (Wildman–Crippen MR) is 73.2 cm³/mol. The Morgan fingerprint density at radius 2 is 2.12 bits per heavy atom. The fourth-order valence-electron chi connectivity index (χ4n) is 1.58. The van der Waals surface area contributed by atoms with Crippen molar-refractivity contribution < 1.29 is 9.84 Å². The summed E-state index contributed by atoms with van der Waals surface area (Å²) in [6.45, 7) is 2.86. The lowest BCUT2D eigenvalue weighted by Gasteiger charge is -2.14. The van der Waals surface area contributed by atoms with Gasteiger partial charge < -0.3 is 15.6 Å². The van der Waals surface area contributed by atoms with Crippen LogP contribution in [0.3, 0.4) is 0 Å². The molecule has 0 aliphatic carbocycles. The highest BCUT2D eigenvalue weighted by Gasteiger charge is 2.08. The van der Waals surface area contributed by atoms with E-state index in [1.54, 1.807) is 0 Å². The van der Waals surface area contributed by atoms with Crippen molar-refractivity contribution in [2.75, 3.05) is 13.2 Å². The van der Waals surface area contributed by atoms with Gasteiger partial charge in [0.2, 0.25) is 0 Å². The van der Waals surface area contributed by atoms with E-state index in [4.69, 9.17) is 15.6 Å². The van der Waals surface area contributed by atoms with Gasteiger partial charge in [-0.15, -0.1) is 0 Å². The monoisotopic (exact) mass is 301 g/mol. The van der Waals surface area contributed by atoms with Gasteiger partial charge in [0.25, 0.3) is 0 Å². The van der Waals surface area contributed by atoms with Gasteiger partial charge in [0.1, 0.15) is 5.75 Å². The van der Waals surface area contributed by atoms with Crippen LogP contribution in [-0.4, -0.2) is 18.3 Å². The second-order valence-corrected chi connectivity index (χ2v) is 5.02. The van der Waals surface area contributed by atoms with Crippen molar-refractivity contribution in [2.24, 2.45) is 5.73 Å². The first kappa shape index (κ1) is 14.5. The molecule has 0 amide bonds. The molecule has 1 rings (SSSR count). The minimum Gasteiger partial charge on any atom is -0.493 e. The smallest absolute Gasteiger partial charge is 0.125 e. The summed E-state index contributed by atoms with van der Waals surface area (Å²) in [6.07, 6.45) is 2.77. The molecule has 3 N–H and O–H groups in total. The van der Waals surface area contributed by atoms with E-state index in [1.807, 2.05) is 25.1 Å². The van der Waals surface area contributed by atoms with Gasteiger partial charge in [-0.25, -0.2) is 0 Å². The molecule has 0 fully saturated rings. The van der Waals surface area contributed by atoms with Crippen molar-refractivity contribution in [1.29, 1.82) is 0 Å². The summed E-state index contributed by atoms with van der Waals surface area (Å²) in [7, 11) is 0. The van der Waals surface area contributed by atoms with Crippen LogP contribution < -0.4 is 10.5 Å². The normalized spacial score (nSPS) is 12.5. The summed E-state index contributed by atoms with van der Waals surface area (Å²) in [5.74, 6) is 0.846. The summed E-state index contributed by atoms with van der Waals surface area (Å²) in [5.41, 5.74) is 6.91. The Labute approximate surface area is 111 Å². The minimum absolute atomic E-state index is 0.0319. The van der Waals surface area contributed by atoms with Crippen LogP contribution in [0.15, 0.2) is 22.7 Å². The number of halogens is 1. The molecule has 4 heteroatoms. The zero-order valence-corrected chi connectivity index (χ0v) is 11.7. The van der Waals surface area contributed by atoms with Crippen molar-refractivity contribution >= 4 is 15.9 Å². The molecule has 0 radical (unpaired) electrons. The van der Waals surface area contributed by atoms with Crippen molar-refractivity contribution in [3.05, 3.63) is 28.2 Å². The van der Waals surface area contributed by atoms with Crippen LogP contribution in [0.1, 0.15) is 37.8 Å². The number of aliphatic hydroxyl groups excluding tert-OH is 1. The Balaban J connectivity index is 2.53. The van der Waals surface area contributed by atoms with Gasteiger partial charge in [-0.2, -0.15) is 0 Å². The molecule has 1 unspecified atom stereocenters. The number of unbranched alkanes of at least 4 members (excludes halogenated alkanes) is 2. The number of ether oxygens (including phenoxy) is 1. The fourth-order valence-corrected chi connectivity index (χ4v) is 1.92.